The number of rotatable bonds is 5. The predicted octanol–water partition coefficient (Wildman–Crippen LogP) is 4.30. The Labute approximate surface area is 118 Å². The van der Waals surface area contributed by atoms with Gasteiger partial charge in [-0.3, -0.25) is 0 Å². The number of aliphatic carboxylic acids is 1. The lowest BCUT2D eigenvalue weighted by atomic mass is 9.85. The number of hydrogen-bond acceptors (Lipinski definition) is 2. The molecular formula is C15H30O3Si. The first-order valence-corrected chi connectivity index (χ1v) is 10.7. The van der Waals surface area contributed by atoms with E-state index in [2.05, 4.69) is 33.9 Å². The lowest BCUT2D eigenvalue weighted by Crippen LogP contribution is -2.45. The molecule has 0 atom stereocenters. The van der Waals surface area contributed by atoms with Crippen molar-refractivity contribution in [3.63, 3.8) is 0 Å². The molecule has 0 aromatic rings. The monoisotopic (exact) mass is 286 g/mol. The molecular weight excluding hydrogens is 256 g/mol. The lowest BCUT2D eigenvalue weighted by Gasteiger charge is -2.39. The summed E-state index contributed by atoms with van der Waals surface area (Å²) in [6, 6.07) is 1.03. The van der Waals surface area contributed by atoms with Crippen LogP contribution in [0.5, 0.6) is 0 Å². The SMILES string of the molecule is CC(C)(C)[Si](C)(C)CCOC1(C(=O)O)CCCCC1. The van der Waals surface area contributed by atoms with Gasteiger partial charge in [0.15, 0.2) is 5.60 Å². The average Bonchev–Trinajstić information content (AvgIpc) is 2.28. The molecule has 0 bridgehead atoms. The van der Waals surface area contributed by atoms with Crippen LogP contribution in [0.1, 0.15) is 52.9 Å². The molecule has 0 radical (unpaired) electrons. The van der Waals surface area contributed by atoms with E-state index in [-0.39, 0.29) is 0 Å². The van der Waals surface area contributed by atoms with Crippen LogP contribution in [0.25, 0.3) is 0 Å². The van der Waals surface area contributed by atoms with E-state index in [9.17, 15) is 9.90 Å². The third kappa shape index (κ3) is 4.05. The van der Waals surface area contributed by atoms with Gasteiger partial charge in [0.05, 0.1) is 8.07 Å². The second-order valence-electron chi connectivity index (χ2n) is 7.59. The molecule has 0 spiro atoms. The van der Waals surface area contributed by atoms with Crippen LogP contribution in [0.15, 0.2) is 0 Å². The van der Waals surface area contributed by atoms with Crippen LogP contribution < -0.4 is 0 Å². The fourth-order valence-electron chi connectivity index (χ4n) is 2.42. The Morgan fingerprint density at radius 2 is 1.74 bits per heavy atom. The Balaban J connectivity index is 2.57. The molecule has 3 nitrogen and oxygen atoms in total. The molecule has 19 heavy (non-hydrogen) atoms. The van der Waals surface area contributed by atoms with Crippen molar-refractivity contribution in [3.8, 4) is 0 Å². The zero-order valence-electron chi connectivity index (χ0n) is 13.2. The van der Waals surface area contributed by atoms with E-state index in [4.69, 9.17) is 4.74 Å². The van der Waals surface area contributed by atoms with E-state index in [1.807, 2.05) is 0 Å². The van der Waals surface area contributed by atoms with Crippen LogP contribution in [0.4, 0.5) is 0 Å². The molecule has 1 rings (SSSR count). The summed E-state index contributed by atoms with van der Waals surface area (Å²) < 4.78 is 5.90. The van der Waals surface area contributed by atoms with Gasteiger partial charge in [0.1, 0.15) is 0 Å². The number of hydrogen-bond donors (Lipinski definition) is 1. The minimum Gasteiger partial charge on any atom is -0.479 e. The minimum absolute atomic E-state index is 0.333. The molecule has 0 saturated heterocycles. The molecule has 4 heteroatoms. The highest BCUT2D eigenvalue weighted by Gasteiger charge is 2.42. The zero-order valence-corrected chi connectivity index (χ0v) is 14.2. The second-order valence-corrected chi connectivity index (χ2v) is 13.4. The van der Waals surface area contributed by atoms with Gasteiger partial charge in [0, 0.05) is 6.61 Å². The molecule has 1 aliphatic carbocycles. The van der Waals surface area contributed by atoms with Gasteiger partial charge < -0.3 is 9.84 Å². The Hall–Kier alpha value is -0.353. The largest absolute Gasteiger partial charge is 0.479 e. The molecule has 0 aliphatic heterocycles. The summed E-state index contributed by atoms with van der Waals surface area (Å²) in [6.07, 6.45) is 4.46. The van der Waals surface area contributed by atoms with Crippen molar-refractivity contribution in [1.82, 2.24) is 0 Å². The molecule has 0 heterocycles. The van der Waals surface area contributed by atoms with E-state index in [1.165, 1.54) is 0 Å². The third-order valence-electron chi connectivity index (χ3n) is 5.19. The van der Waals surface area contributed by atoms with Gasteiger partial charge >= 0.3 is 5.97 Å². The summed E-state index contributed by atoms with van der Waals surface area (Å²) >= 11 is 0. The maximum absolute atomic E-state index is 11.5. The molecule has 1 aliphatic rings. The van der Waals surface area contributed by atoms with Crippen LogP contribution >= 0.6 is 0 Å². The zero-order chi connectivity index (χ0) is 14.7. The predicted molar refractivity (Wildman–Crippen MR) is 81.4 cm³/mol. The van der Waals surface area contributed by atoms with E-state index < -0.39 is 19.6 Å². The summed E-state index contributed by atoms with van der Waals surface area (Å²) in [5.41, 5.74) is -0.888. The fraction of sp³-hybridized carbons (Fsp3) is 0.933. The average molecular weight is 286 g/mol. The number of carboxylic acids is 1. The van der Waals surface area contributed by atoms with Crippen molar-refractivity contribution in [3.05, 3.63) is 0 Å². The first kappa shape index (κ1) is 16.7. The van der Waals surface area contributed by atoms with E-state index in [0.717, 1.165) is 25.3 Å². The molecule has 1 N–H and O–H groups in total. The highest BCUT2D eigenvalue weighted by molar-refractivity contribution is 6.80. The van der Waals surface area contributed by atoms with Crippen LogP contribution in [0.2, 0.25) is 24.2 Å². The quantitative estimate of drug-likeness (QED) is 0.766. The molecule has 0 unspecified atom stereocenters. The number of carboxylic acid groups (broad SMARTS) is 1. The van der Waals surface area contributed by atoms with Crippen molar-refractivity contribution in [2.75, 3.05) is 6.61 Å². The van der Waals surface area contributed by atoms with Gasteiger partial charge in [-0.05, 0) is 36.8 Å². The number of ether oxygens (including phenoxy) is 1. The van der Waals surface area contributed by atoms with Crippen LogP contribution in [-0.2, 0) is 9.53 Å². The Bertz CT molecular complexity index is 312. The van der Waals surface area contributed by atoms with Crippen molar-refractivity contribution in [1.29, 1.82) is 0 Å². The van der Waals surface area contributed by atoms with E-state index in [1.54, 1.807) is 0 Å². The van der Waals surface area contributed by atoms with Gasteiger partial charge in [0.25, 0.3) is 0 Å². The lowest BCUT2D eigenvalue weighted by molar-refractivity contribution is -0.170. The third-order valence-corrected chi connectivity index (χ3v) is 10.7. The van der Waals surface area contributed by atoms with Gasteiger partial charge in [0.2, 0.25) is 0 Å². The van der Waals surface area contributed by atoms with Gasteiger partial charge in [-0.2, -0.15) is 0 Å². The maximum atomic E-state index is 11.5. The van der Waals surface area contributed by atoms with Crippen molar-refractivity contribution in [2.24, 2.45) is 0 Å². The fourth-order valence-corrected chi connectivity index (χ4v) is 3.78. The second kappa shape index (κ2) is 5.96. The molecule has 0 amide bonds. The van der Waals surface area contributed by atoms with E-state index in [0.29, 0.717) is 24.5 Å². The van der Waals surface area contributed by atoms with Crippen molar-refractivity contribution in [2.45, 2.75) is 82.7 Å². The summed E-state index contributed by atoms with van der Waals surface area (Å²) in [5, 5.41) is 9.80. The van der Waals surface area contributed by atoms with Crippen LogP contribution in [0, 0.1) is 0 Å². The molecule has 0 aromatic carbocycles. The molecule has 1 saturated carbocycles. The maximum Gasteiger partial charge on any atom is 0.335 e. The standard InChI is InChI=1S/C15H30O3Si/c1-14(2,3)19(4,5)12-11-18-15(13(16)17)9-7-6-8-10-15/h6-12H2,1-5H3,(H,16,17). The Morgan fingerprint density at radius 1 is 1.21 bits per heavy atom. The van der Waals surface area contributed by atoms with E-state index >= 15 is 0 Å². The number of carbonyl (C=O) groups is 1. The summed E-state index contributed by atoms with van der Waals surface area (Å²) in [5.74, 6) is -0.762. The normalized spacial score (nSPS) is 20.3. The minimum atomic E-state index is -1.38. The van der Waals surface area contributed by atoms with Gasteiger partial charge in [-0.25, -0.2) is 4.79 Å². The Morgan fingerprint density at radius 3 is 2.16 bits per heavy atom. The van der Waals surface area contributed by atoms with Crippen LogP contribution in [-0.4, -0.2) is 31.4 Å². The van der Waals surface area contributed by atoms with Gasteiger partial charge in [-0.15, -0.1) is 0 Å². The molecule has 112 valence electrons. The summed E-state index contributed by atoms with van der Waals surface area (Å²) in [4.78, 5) is 11.5. The molecule has 1 fully saturated rings. The smallest absolute Gasteiger partial charge is 0.335 e. The van der Waals surface area contributed by atoms with Crippen LogP contribution in [0.3, 0.4) is 0 Å². The highest BCUT2D eigenvalue weighted by Crippen LogP contribution is 2.39. The van der Waals surface area contributed by atoms with Crippen molar-refractivity contribution >= 4 is 14.0 Å². The highest BCUT2D eigenvalue weighted by atomic mass is 28.3. The summed E-state index contributed by atoms with van der Waals surface area (Å²) in [6.45, 7) is 12.2. The molecule has 0 aromatic heterocycles. The summed E-state index contributed by atoms with van der Waals surface area (Å²) in [7, 11) is -1.38. The Kier molecular flexibility index (Phi) is 5.24. The van der Waals surface area contributed by atoms with Crippen molar-refractivity contribution < 1.29 is 14.6 Å². The first-order valence-electron chi connectivity index (χ1n) is 7.48. The van der Waals surface area contributed by atoms with Gasteiger partial charge in [-0.1, -0.05) is 40.3 Å². The first-order chi connectivity index (χ1) is 8.61. The topological polar surface area (TPSA) is 46.5 Å².